The summed E-state index contributed by atoms with van der Waals surface area (Å²) in [6.07, 6.45) is -0.947. The van der Waals surface area contributed by atoms with E-state index >= 15 is 0 Å². The monoisotopic (exact) mass is 345 g/mol. The molecule has 0 radical (unpaired) electrons. The maximum atomic E-state index is 12.6. The summed E-state index contributed by atoms with van der Waals surface area (Å²) in [5.41, 5.74) is 1.37. The first-order valence-corrected chi connectivity index (χ1v) is 6.98. The Bertz CT molecular complexity index is 546. The topological polar surface area (TPSA) is 29.5 Å². The maximum absolute atomic E-state index is 12.6. The number of hydrogen-bond donors (Lipinski definition) is 0. The summed E-state index contributed by atoms with van der Waals surface area (Å²) in [4.78, 5) is 13.7. The number of piperidine rings is 1. The molecular formula is C14H14BrF2NO2. The van der Waals surface area contributed by atoms with Crippen LogP contribution in [0.2, 0.25) is 0 Å². The minimum Gasteiger partial charge on any atom is -0.465 e. The lowest BCUT2D eigenvalue weighted by Gasteiger charge is -2.31. The molecule has 0 atom stereocenters. The predicted molar refractivity (Wildman–Crippen MR) is 76.2 cm³/mol. The van der Waals surface area contributed by atoms with Crippen molar-refractivity contribution in [3.05, 3.63) is 39.9 Å². The highest BCUT2D eigenvalue weighted by Gasteiger charge is 2.22. The van der Waals surface area contributed by atoms with Crippen molar-refractivity contribution in [1.82, 2.24) is 0 Å². The maximum Gasteiger partial charge on any atom is 0.339 e. The van der Waals surface area contributed by atoms with Gasteiger partial charge in [0.2, 0.25) is 0 Å². The van der Waals surface area contributed by atoms with E-state index in [4.69, 9.17) is 4.74 Å². The Hall–Kier alpha value is -1.43. The lowest BCUT2D eigenvalue weighted by molar-refractivity contribution is 0.0601. The van der Waals surface area contributed by atoms with Crippen molar-refractivity contribution in [2.75, 3.05) is 25.1 Å². The Morgan fingerprint density at radius 1 is 1.30 bits per heavy atom. The smallest absolute Gasteiger partial charge is 0.339 e. The number of halogens is 3. The van der Waals surface area contributed by atoms with E-state index in [0.717, 1.165) is 4.47 Å². The van der Waals surface area contributed by atoms with Crippen LogP contribution >= 0.6 is 15.9 Å². The number of methoxy groups -OCH3 is 1. The highest BCUT2D eigenvalue weighted by atomic mass is 79.9. The van der Waals surface area contributed by atoms with Gasteiger partial charge in [-0.3, -0.25) is 0 Å². The summed E-state index contributed by atoms with van der Waals surface area (Å²) >= 11 is 3.36. The largest absolute Gasteiger partial charge is 0.465 e. The zero-order chi connectivity index (χ0) is 14.7. The minimum absolute atomic E-state index is 0.205. The van der Waals surface area contributed by atoms with Gasteiger partial charge in [0.05, 0.1) is 18.4 Å². The van der Waals surface area contributed by atoms with Crippen molar-refractivity contribution < 1.29 is 18.3 Å². The van der Waals surface area contributed by atoms with Gasteiger partial charge in [0.1, 0.15) is 0 Å². The number of rotatable bonds is 2. The Balaban J connectivity index is 2.27. The summed E-state index contributed by atoms with van der Waals surface area (Å²) < 4.78 is 30.7. The third kappa shape index (κ3) is 3.17. The molecule has 0 N–H and O–H groups in total. The molecule has 1 saturated heterocycles. The van der Waals surface area contributed by atoms with Gasteiger partial charge >= 0.3 is 5.97 Å². The first-order chi connectivity index (χ1) is 9.52. The molecule has 6 heteroatoms. The highest BCUT2D eigenvalue weighted by Crippen LogP contribution is 2.30. The van der Waals surface area contributed by atoms with Crippen molar-refractivity contribution >= 4 is 27.6 Å². The molecule has 1 aliphatic heterocycles. The number of ether oxygens (including phenoxy) is 1. The summed E-state index contributed by atoms with van der Waals surface area (Å²) in [6.45, 7) is 0.931. The van der Waals surface area contributed by atoms with Gasteiger partial charge in [-0.2, -0.15) is 8.78 Å². The molecule has 0 unspecified atom stereocenters. The second kappa shape index (κ2) is 6.35. The van der Waals surface area contributed by atoms with E-state index in [2.05, 4.69) is 15.9 Å². The molecule has 3 nitrogen and oxygen atoms in total. The van der Waals surface area contributed by atoms with Crippen LogP contribution in [-0.4, -0.2) is 26.2 Å². The van der Waals surface area contributed by atoms with Crippen LogP contribution in [0, 0.1) is 0 Å². The van der Waals surface area contributed by atoms with Gasteiger partial charge in [0, 0.05) is 17.6 Å². The average Bonchev–Trinajstić information content (AvgIpc) is 2.46. The van der Waals surface area contributed by atoms with E-state index in [9.17, 15) is 13.6 Å². The molecule has 0 bridgehead atoms. The van der Waals surface area contributed by atoms with E-state index in [1.807, 2.05) is 11.0 Å². The molecule has 0 amide bonds. The van der Waals surface area contributed by atoms with Crippen molar-refractivity contribution in [2.24, 2.45) is 0 Å². The quantitative estimate of drug-likeness (QED) is 0.759. The van der Waals surface area contributed by atoms with Crippen LogP contribution in [-0.2, 0) is 4.74 Å². The van der Waals surface area contributed by atoms with Crippen LogP contribution in [0.5, 0.6) is 0 Å². The molecule has 1 aromatic rings. The number of benzene rings is 1. The Morgan fingerprint density at radius 2 is 1.95 bits per heavy atom. The summed E-state index contributed by atoms with van der Waals surface area (Å²) in [7, 11) is 1.32. The molecule has 1 aromatic carbocycles. The number of hydrogen-bond acceptors (Lipinski definition) is 3. The molecule has 1 aliphatic rings. The highest BCUT2D eigenvalue weighted by molar-refractivity contribution is 9.10. The summed E-state index contributed by atoms with van der Waals surface area (Å²) in [5, 5.41) is 0. The van der Waals surface area contributed by atoms with Gasteiger partial charge in [0.25, 0.3) is 6.08 Å². The first kappa shape index (κ1) is 15.0. The zero-order valence-corrected chi connectivity index (χ0v) is 12.5. The standard InChI is InChI=1S/C14H14BrF2NO2/c1-20-14(19)11-3-2-10(15)8-12(11)18-6-4-9(5-7-18)13(16)17/h2-3,8H,4-7H2,1H3. The molecule has 0 aromatic heterocycles. The fourth-order valence-electron chi connectivity index (χ4n) is 2.26. The number of carbonyl (C=O) groups excluding carboxylic acids is 1. The van der Waals surface area contributed by atoms with Gasteiger partial charge in [-0.1, -0.05) is 15.9 Å². The average molecular weight is 346 g/mol. The van der Waals surface area contributed by atoms with E-state index in [1.165, 1.54) is 7.11 Å². The second-order valence-electron chi connectivity index (χ2n) is 4.50. The van der Waals surface area contributed by atoms with Gasteiger partial charge in [-0.05, 0) is 36.6 Å². The fourth-order valence-corrected chi connectivity index (χ4v) is 2.60. The first-order valence-electron chi connectivity index (χ1n) is 6.18. The van der Waals surface area contributed by atoms with E-state index < -0.39 is 12.0 Å². The molecule has 20 heavy (non-hydrogen) atoms. The van der Waals surface area contributed by atoms with Gasteiger partial charge in [-0.15, -0.1) is 0 Å². The lowest BCUT2D eigenvalue weighted by atomic mass is 10.0. The molecule has 1 fully saturated rings. The third-order valence-corrected chi connectivity index (χ3v) is 3.83. The van der Waals surface area contributed by atoms with Crippen LogP contribution in [0.4, 0.5) is 14.5 Å². The molecule has 108 valence electrons. The van der Waals surface area contributed by atoms with Crippen LogP contribution < -0.4 is 4.90 Å². The SMILES string of the molecule is COC(=O)c1ccc(Br)cc1N1CCC(=C(F)F)CC1. The summed E-state index contributed by atoms with van der Waals surface area (Å²) in [6, 6.07) is 5.24. The zero-order valence-electron chi connectivity index (χ0n) is 11.0. The molecule has 0 saturated carbocycles. The molecule has 0 aliphatic carbocycles. The van der Waals surface area contributed by atoms with Crippen molar-refractivity contribution in [1.29, 1.82) is 0 Å². The van der Waals surface area contributed by atoms with Crippen LogP contribution in [0.25, 0.3) is 0 Å². The predicted octanol–water partition coefficient (Wildman–Crippen LogP) is 3.99. The minimum atomic E-state index is -1.58. The number of anilines is 1. The van der Waals surface area contributed by atoms with Gasteiger partial charge in [-0.25, -0.2) is 4.79 Å². The number of carbonyl (C=O) groups is 1. The Labute approximate surface area is 124 Å². The van der Waals surface area contributed by atoms with E-state index in [-0.39, 0.29) is 5.57 Å². The van der Waals surface area contributed by atoms with Crippen LogP contribution in [0.1, 0.15) is 23.2 Å². The molecule has 1 heterocycles. The lowest BCUT2D eigenvalue weighted by Crippen LogP contribution is -2.32. The Morgan fingerprint density at radius 3 is 2.50 bits per heavy atom. The van der Waals surface area contributed by atoms with Crippen LogP contribution in [0.15, 0.2) is 34.3 Å². The number of nitrogens with zero attached hydrogens (tertiary/aromatic N) is 1. The fraction of sp³-hybridized carbons (Fsp3) is 0.357. The molecule has 2 rings (SSSR count). The van der Waals surface area contributed by atoms with Crippen LogP contribution in [0.3, 0.4) is 0 Å². The van der Waals surface area contributed by atoms with Gasteiger partial charge in [0.15, 0.2) is 0 Å². The molecular weight excluding hydrogens is 332 g/mol. The van der Waals surface area contributed by atoms with E-state index in [1.54, 1.807) is 12.1 Å². The van der Waals surface area contributed by atoms with Gasteiger partial charge < -0.3 is 9.64 Å². The summed E-state index contributed by atoms with van der Waals surface area (Å²) in [5.74, 6) is -0.425. The van der Waals surface area contributed by atoms with Crippen molar-refractivity contribution in [3.63, 3.8) is 0 Å². The Kier molecular flexibility index (Phi) is 4.75. The van der Waals surface area contributed by atoms with E-state index in [0.29, 0.717) is 37.2 Å². The number of esters is 1. The van der Waals surface area contributed by atoms with Crippen molar-refractivity contribution in [3.8, 4) is 0 Å². The third-order valence-electron chi connectivity index (χ3n) is 3.34. The molecule has 0 spiro atoms. The second-order valence-corrected chi connectivity index (χ2v) is 5.42. The normalized spacial score (nSPS) is 15.2. The van der Waals surface area contributed by atoms with Crippen molar-refractivity contribution in [2.45, 2.75) is 12.8 Å².